The minimum Gasteiger partial charge on any atom is -0.308 e. The first-order valence-corrected chi connectivity index (χ1v) is 8.54. The molecule has 3 aromatic rings. The van der Waals surface area contributed by atoms with Crippen LogP contribution in [0.5, 0.6) is 0 Å². The van der Waals surface area contributed by atoms with Crippen molar-refractivity contribution in [1.82, 2.24) is 14.9 Å². The number of nitrogens with one attached hydrogen (secondary N) is 1. The van der Waals surface area contributed by atoms with Crippen LogP contribution in [0.15, 0.2) is 53.3 Å². The van der Waals surface area contributed by atoms with Crippen molar-refractivity contribution in [3.8, 4) is 5.69 Å². The van der Waals surface area contributed by atoms with E-state index in [1.54, 1.807) is 16.7 Å². The zero-order valence-corrected chi connectivity index (χ0v) is 14.5. The zero-order valence-electron chi connectivity index (χ0n) is 13.8. The van der Waals surface area contributed by atoms with Crippen LogP contribution in [0.2, 0.25) is 5.02 Å². The van der Waals surface area contributed by atoms with Crippen LogP contribution >= 0.6 is 11.6 Å². The number of benzene rings is 2. The molecule has 5 heteroatoms. The summed E-state index contributed by atoms with van der Waals surface area (Å²) in [5.41, 5.74) is 1.37. The van der Waals surface area contributed by atoms with Crippen molar-refractivity contribution < 1.29 is 0 Å². The molecular formula is C19H20ClN3O. The summed E-state index contributed by atoms with van der Waals surface area (Å²) in [6, 6.07) is 14.7. The highest BCUT2D eigenvalue weighted by Crippen LogP contribution is 2.21. The summed E-state index contributed by atoms with van der Waals surface area (Å²) in [5, 5.41) is 4.61. The van der Waals surface area contributed by atoms with E-state index >= 15 is 0 Å². The lowest BCUT2D eigenvalue weighted by Crippen LogP contribution is -2.31. The Morgan fingerprint density at radius 3 is 2.67 bits per heavy atom. The van der Waals surface area contributed by atoms with Crippen LogP contribution in [0.4, 0.5) is 0 Å². The zero-order chi connectivity index (χ0) is 17.1. The Hall–Kier alpha value is -2.17. The molecule has 0 bridgehead atoms. The SMILES string of the molecule is CCNC(CC)c1nc2ccccc2c(=O)n1-c1cccc(Cl)c1. The standard InChI is InChI=1S/C19H20ClN3O/c1-3-16(21-4-2)18-22-17-11-6-5-10-15(17)19(24)23(18)14-9-7-8-13(20)12-14/h5-12,16,21H,3-4H2,1-2H3. The lowest BCUT2D eigenvalue weighted by molar-refractivity contribution is 0.498. The van der Waals surface area contributed by atoms with Gasteiger partial charge in [-0.2, -0.15) is 0 Å². The molecule has 4 nitrogen and oxygen atoms in total. The van der Waals surface area contributed by atoms with E-state index in [9.17, 15) is 4.79 Å². The second kappa shape index (κ2) is 7.16. The molecule has 0 spiro atoms. The maximum atomic E-state index is 13.1. The van der Waals surface area contributed by atoms with Crippen LogP contribution in [-0.2, 0) is 0 Å². The Labute approximate surface area is 146 Å². The predicted octanol–water partition coefficient (Wildman–Crippen LogP) is 4.10. The fourth-order valence-electron chi connectivity index (χ4n) is 2.91. The van der Waals surface area contributed by atoms with E-state index in [2.05, 4.69) is 12.2 Å². The molecule has 1 unspecified atom stereocenters. The molecule has 1 heterocycles. The van der Waals surface area contributed by atoms with E-state index in [1.165, 1.54) is 0 Å². The number of aromatic nitrogens is 2. The van der Waals surface area contributed by atoms with E-state index < -0.39 is 0 Å². The normalized spacial score (nSPS) is 12.5. The van der Waals surface area contributed by atoms with Crippen molar-refractivity contribution in [2.75, 3.05) is 6.54 Å². The van der Waals surface area contributed by atoms with Gasteiger partial charge in [-0.15, -0.1) is 0 Å². The van der Waals surface area contributed by atoms with Crippen molar-refractivity contribution >= 4 is 22.5 Å². The van der Waals surface area contributed by atoms with Crippen molar-refractivity contribution in [2.24, 2.45) is 0 Å². The highest BCUT2D eigenvalue weighted by molar-refractivity contribution is 6.30. The Bertz CT molecular complexity index is 920. The van der Waals surface area contributed by atoms with Gasteiger partial charge in [-0.05, 0) is 43.3 Å². The molecule has 1 N–H and O–H groups in total. The molecule has 24 heavy (non-hydrogen) atoms. The van der Waals surface area contributed by atoms with Gasteiger partial charge < -0.3 is 5.32 Å². The summed E-state index contributed by atoms with van der Waals surface area (Å²) in [6.07, 6.45) is 0.833. The Kier molecular flexibility index (Phi) is 4.97. The summed E-state index contributed by atoms with van der Waals surface area (Å²) in [7, 11) is 0. The molecule has 2 aromatic carbocycles. The summed E-state index contributed by atoms with van der Waals surface area (Å²) >= 11 is 6.14. The lowest BCUT2D eigenvalue weighted by atomic mass is 10.1. The number of hydrogen-bond acceptors (Lipinski definition) is 3. The van der Waals surface area contributed by atoms with E-state index in [0.29, 0.717) is 21.7 Å². The lowest BCUT2D eigenvalue weighted by Gasteiger charge is -2.21. The van der Waals surface area contributed by atoms with Crippen LogP contribution in [0.25, 0.3) is 16.6 Å². The van der Waals surface area contributed by atoms with Gasteiger partial charge in [0.25, 0.3) is 5.56 Å². The summed E-state index contributed by atoms with van der Waals surface area (Å²) in [6.45, 7) is 4.93. The second-order valence-electron chi connectivity index (χ2n) is 5.63. The van der Waals surface area contributed by atoms with Gasteiger partial charge in [0.15, 0.2) is 0 Å². The largest absolute Gasteiger partial charge is 0.308 e. The van der Waals surface area contributed by atoms with Crippen molar-refractivity contribution in [3.05, 3.63) is 69.7 Å². The molecule has 0 amide bonds. The fourth-order valence-corrected chi connectivity index (χ4v) is 3.10. The summed E-state index contributed by atoms with van der Waals surface area (Å²) in [4.78, 5) is 17.9. The van der Waals surface area contributed by atoms with Gasteiger partial charge in [-0.1, -0.05) is 43.6 Å². The first-order chi connectivity index (χ1) is 11.7. The molecule has 3 rings (SSSR count). The molecule has 0 saturated heterocycles. The van der Waals surface area contributed by atoms with Gasteiger partial charge >= 0.3 is 0 Å². The minimum absolute atomic E-state index is 0.00807. The number of fused-ring (bicyclic) bond motifs is 1. The van der Waals surface area contributed by atoms with Crippen molar-refractivity contribution in [1.29, 1.82) is 0 Å². The van der Waals surface area contributed by atoms with E-state index in [-0.39, 0.29) is 11.6 Å². The smallest absolute Gasteiger partial charge is 0.266 e. The first kappa shape index (κ1) is 16.7. The quantitative estimate of drug-likeness (QED) is 0.760. The third-order valence-corrected chi connectivity index (χ3v) is 4.27. The second-order valence-corrected chi connectivity index (χ2v) is 6.06. The van der Waals surface area contributed by atoms with E-state index in [4.69, 9.17) is 16.6 Å². The van der Waals surface area contributed by atoms with Crippen LogP contribution in [0, 0.1) is 0 Å². The molecule has 0 saturated carbocycles. The van der Waals surface area contributed by atoms with Gasteiger partial charge in [-0.25, -0.2) is 4.98 Å². The summed E-state index contributed by atoms with van der Waals surface area (Å²) < 4.78 is 1.67. The maximum Gasteiger partial charge on any atom is 0.266 e. The number of para-hydroxylation sites is 1. The Morgan fingerprint density at radius 2 is 1.96 bits per heavy atom. The number of rotatable bonds is 5. The average Bonchev–Trinajstić information content (AvgIpc) is 2.59. The van der Waals surface area contributed by atoms with Crippen molar-refractivity contribution in [2.45, 2.75) is 26.3 Å². The molecule has 0 aliphatic heterocycles. The third kappa shape index (κ3) is 3.07. The summed E-state index contributed by atoms with van der Waals surface area (Å²) in [5.74, 6) is 0.713. The molecule has 0 aliphatic carbocycles. The molecule has 0 aliphatic rings. The molecule has 1 atom stereocenters. The molecule has 1 aromatic heterocycles. The molecule has 0 fully saturated rings. The van der Waals surface area contributed by atoms with Crippen LogP contribution in [0.1, 0.15) is 32.1 Å². The average molecular weight is 342 g/mol. The van der Waals surface area contributed by atoms with Crippen LogP contribution in [-0.4, -0.2) is 16.1 Å². The maximum absolute atomic E-state index is 13.1. The molecular weight excluding hydrogens is 322 g/mol. The topological polar surface area (TPSA) is 46.9 Å². The molecule has 124 valence electrons. The highest BCUT2D eigenvalue weighted by Gasteiger charge is 2.19. The van der Waals surface area contributed by atoms with Crippen LogP contribution in [0.3, 0.4) is 0 Å². The number of nitrogens with zero attached hydrogens (tertiary/aromatic N) is 2. The van der Waals surface area contributed by atoms with Gasteiger partial charge in [0.2, 0.25) is 0 Å². The number of halogens is 1. The van der Waals surface area contributed by atoms with Gasteiger partial charge in [0, 0.05) is 5.02 Å². The minimum atomic E-state index is -0.0748. The fraction of sp³-hybridized carbons (Fsp3) is 0.263. The van der Waals surface area contributed by atoms with E-state index in [0.717, 1.165) is 18.7 Å². The monoisotopic (exact) mass is 341 g/mol. The Morgan fingerprint density at radius 1 is 1.17 bits per heavy atom. The Balaban J connectivity index is 2.35. The molecule has 0 radical (unpaired) electrons. The van der Waals surface area contributed by atoms with Gasteiger partial charge in [0.05, 0.1) is 22.6 Å². The highest BCUT2D eigenvalue weighted by atomic mass is 35.5. The third-order valence-electron chi connectivity index (χ3n) is 4.04. The van der Waals surface area contributed by atoms with Crippen LogP contribution < -0.4 is 10.9 Å². The first-order valence-electron chi connectivity index (χ1n) is 8.16. The van der Waals surface area contributed by atoms with Gasteiger partial charge in [-0.3, -0.25) is 9.36 Å². The number of hydrogen-bond donors (Lipinski definition) is 1. The predicted molar refractivity (Wildman–Crippen MR) is 99.1 cm³/mol. The van der Waals surface area contributed by atoms with Crippen molar-refractivity contribution in [3.63, 3.8) is 0 Å². The van der Waals surface area contributed by atoms with E-state index in [1.807, 2.05) is 43.3 Å². The van der Waals surface area contributed by atoms with Gasteiger partial charge in [0.1, 0.15) is 5.82 Å².